The maximum Gasteiger partial charge on any atom is 0.132 e. The summed E-state index contributed by atoms with van der Waals surface area (Å²) in [6.07, 6.45) is 2.98. The van der Waals surface area contributed by atoms with Gasteiger partial charge in [0.1, 0.15) is 10.5 Å². The van der Waals surface area contributed by atoms with Crippen molar-refractivity contribution in [1.29, 1.82) is 0 Å². The number of H-pyrrole nitrogens is 1. The standard InChI is InChI=1S/C10H6ClFN2S/c11-6-1-2-7(9(12)3-6)8-4-13-5-14-10(8)15/h1-5H,(H,13,14,15). The largest absolute Gasteiger partial charge is 0.337 e. The molecule has 0 atom stereocenters. The minimum Gasteiger partial charge on any atom is -0.337 e. The van der Waals surface area contributed by atoms with Crippen molar-refractivity contribution in [3.05, 3.63) is 46.2 Å². The summed E-state index contributed by atoms with van der Waals surface area (Å²) in [5.41, 5.74) is 0.954. The van der Waals surface area contributed by atoms with Crippen LogP contribution in [0.15, 0.2) is 30.7 Å². The molecular weight excluding hydrogens is 235 g/mol. The van der Waals surface area contributed by atoms with E-state index in [1.54, 1.807) is 12.1 Å². The van der Waals surface area contributed by atoms with Crippen LogP contribution in [-0.4, -0.2) is 9.97 Å². The molecular formula is C10H6ClFN2S. The van der Waals surface area contributed by atoms with Crippen molar-refractivity contribution in [2.24, 2.45) is 0 Å². The zero-order valence-electron chi connectivity index (χ0n) is 7.50. The van der Waals surface area contributed by atoms with Crippen molar-refractivity contribution in [3.63, 3.8) is 0 Å². The van der Waals surface area contributed by atoms with Crippen LogP contribution in [0.2, 0.25) is 5.02 Å². The van der Waals surface area contributed by atoms with Crippen LogP contribution in [0.5, 0.6) is 0 Å². The van der Waals surface area contributed by atoms with Crippen LogP contribution < -0.4 is 0 Å². The molecule has 0 aliphatic carbocycles. The molecule has 1 aromatic carbocycles. The van der Waals surface area contributed by atoms with E-state index < -0.39 is 5.82 Å². The molecule has 0 aliphatic rings. The van der Waals surface area contributed by atoms with E-state index in [-0.39, 0.29) is 0 Å². The molecule has 0 bridgehead atoms. The van der Waals surface area contributed by atoms with E-state index in [0.717, 1.165) is 0 Å². The molecule has 0 saturated heterocycles. The molecule has 2 aromatic rings. The molecule has 0 spiro atoms. The maximum absolute atomic E-state index is 13.5. The van der Waals surface area contributed by atoms with E-state index in [1.807, 2.05) is 0 Å². The molecule has 76 valence electrons. The molecule has 0 aliphatic heterocycles. The highest BCUT2D eigenvalue weighted by molar-refractivity contribution is 7.71. The summed E-state index contributed by atoms with van der Waals surface area (Å²) in [6, 6.07) is 4.44. The number of halogens is 2. The Morgan fingerprint density at radius 1 is 1.33 bits per heavy atom. The highest BCUT2D eigenvalue weighted by Crippen LogP contribution is 2.24. The highest BCUT2D eigenvalue weighted by Gasteiger charge is 2.07. The van der Waals surface area contributed by atoms with Crippen LogP contribution in [0.25, 0.3) is 11.1 Å². The second-order valence-electron chi connectivity index (χ2n) is 2.92. The number of hydrogen-bond acceptors (Lipinski definition) is 2. The van der Waals surface area contributed by atoms with Gasteiger partial charge in [-0.3, -0.25) is 0 Å². The van der Waals surface area contributed by atoms with Crippen molar-refractivity contribution in [2.45, 2.75) is 0 Å². The summed E-state index contributed by atoms with van der Waals surface area (Å²) in [5.74, 6) is -0.407. The van der Waals surface area contributed by atoms with Crippen molar-refractivity contribution in [1.82, 2.24) is 9.97 Å². The lowest BCUT2D eigenvalue weighted by Crippen LogP contribution is -1.88. The lowest BCUT2D eigenvalue weighted by molar-refractivity contribution is 0.631. The number of nitrogens with zero attached hydrogens (tertiary/aromatic N) is 1. The fourth-order valence-electron chi connectivity index (χ4n) is 1.24. The Morgan fingerprint density at radius 2 is 2.13 bits per heavy atom. The lowest BCUT2D eigenvalue weighted by Gasteiger charge is -2.02. The molecule has 1 aromatic heterocycles. The Balaban J connectivity index is 2.65. The summed E-state index contributed by atoms with van der Waals surface area (Å²) in [5, 5.41) is 0.357. The third kappa shape index (κ3) is 2.06. The molecule has 0 saturated carbocycles. The van der Waals surface area contributed by atoms with Gasteiger partial charge in [-0.15, -0.1) is 0 Å². The number of nitrogens with one attached hydrogen (secondary N) is 1. The van der Waals surface area contributed by atoms with Crippen LogP contribution >= 0.6 is 23.8 Å². The minimum absolute atomic E-state index is 0.357. The molecule has 0 unspecified atom stereocenters. The maximum atomic E-state index is 13.5. The summed E-state index contributed by atoms with van der Waals surface area (Å²) >= 11 is 10.7. The number of rotatable bonds is 1. The van der Waals surface area contributed by atoms with Crippen molar-refractivity contribution in [2.75, 3.05) is 0 Å². The van der Waals surface area contributed by atoms with E-state index in [9.17, 15) is 4.39 Å². The topological polar surface area (TPSA) is 28.7 Å². The first-order chi connectivity index (χ1) is 7.18. The average Bonchev–Trinajstić information content (AvgIpc) is 2.20. The fourth-order valence-corrected chi connectivity index (χ4v) is 1.62. The SMILES string of the molecule is Fc1cc(Cl)ccc1-c1cnc[nH]c1=S. The zero-order valence-corrected chi connectivity index (χ0v) is 9.07. The molecule has 0 fully saturated rings. The molecule has 1 heterocycles. The van der Waals surface area contributed by atoms with Gasteiger partial charge in [-0.1, -0.05) is 23.8 Å². The average molecular weight is 241 g/mol. The first kappa shape index (κ1) is 10.3. The van der Waals surface area contributed by atoms with Gasteiger partial charge in [0.2, 0.25) is 0 Å². The van der Waals surface area contributed by atoms with E-state index in [4.69, 9.17) is 23.8 Å². The third-order valence-corrected chi connectivity index (χ3v) is 2.51. The minimum atomic E-state index is -0.407. The summed E-state index contributed by atoms with van der Waals surface area (Å²) < 4.78 is 14.0. The number of aromatic nitrogens is 2. The van der Waals surface area contributed by atoms with Crippen LogP contribution in [0.1, 0.15) is 0 Å². The molecule has 1 N–H and O–H groups in total. The third-order valence-electron chi connectivity index (χ3n) is 1.94. The number of hydrogen-bond donors (Lipinski definition) is 1. The van der Waals surface area contributed by atoms with E-state index in [2.05, 4.69) is 9.97 Å². The number of aromatic amines is 1. The van der Waals surface area contributed by atoms with Gasteiger partial charge < -0.3 is 4.98 Å². The molecule has 2 nitrogen and oxygen atoms in total. The van der Waals surface area contributed by atoms with Crippen molar-refractivity contribution >= 4 is 23.8 Å². The van der Waals surface area contributed by atoms with Gasteiger partial charge in [0.15, 0.2) is 0 Å². The quantitative estimate of drug-likeness (QED) is 0.772. The van der Waals surface area contributed by atoms with E-state index >= 15 is 0 Å². The monoisotopic (exact) mass is 240 g/mol. The van der Waals surface area contributed by atoms with Crippen LogP contribution in [0.4, 0.5) is 4.39 Å². The first-order valence-corrected chi connectivity index (χ1v) is 4.95. The number of benzene rings is 1. The predicted molar refractivity (Wildman–Crippen MR) is 59.8 cm³/mol. The smallest absolute Gasteiger partial charge is 0.132 e. The highest BCUT2D eigenvalue weighted by atomic mass is 35.5. The second-order valence-corrected chi connectivity index (χ2v) is 3.76. The Labute approximate surface area is 95.8 Å². The zero-order chi connectivity index (χ0) is 10.8. The van der Waals surface area contributed by atoms with Crippen LogP contribution in [-0.2, 0) is 0 Å². The van der Waals surface area contributed by atoms with Gasteiger partial charge in [0, 0.05) is 22.3 Å². The Bertz CT molecular complexity index is 553. The van der Waals surface area contributed by atoms with Gasteiger partial charge in [0.05, 0.1) is 6.33 Å². The van der Waals surface area contributed by atoms with Crippen molar-refractivity contribution < 1.29 is 4.39 Å². The molecule has 0 amide bonds. The van der Waals surface area contributed by atoms with Gasteiger partial charge in [-0.2, -0.15) is 0 Å². The lowest BCUT2D eigenvalue weighted by atomic mass is 10.1. The van der Waals surface area contributed by atoms with Gasteiger partial charge in [-0.05, 0) is 18.2 Å². The van der Waals surface area contributed by atoms with Crippen LogP contribution in [0, 0.1) is 10.5 Å². The summed E-state index contributed by atoms with van der Waals surface area (Å²) in [6.45, 7) is 0. The van der Waals surface area contributed by atoms with E-state index in [1.165, 1.54) is 18.6 Å². The van der Waals surface area contributed by atoms with Crippen molar-refractivity contribution in [3.8, 4) is 11.1 Å². The normalized spacial score (nSPS) is 10.3. The first-order valence-electron chi connectivity index (χ1n) is 4.16. The molecule has 0 radical (unpaired) electrons. The Hall–Kier alpha value is -1.26. The molecule has 5 heteroatoms. The van der Waals surface area contributed by atoms with Gasteiger partial charge >= 0.3 is 0 Å². The summed E-state index contributed by atoms with van der Waals surface area (Å²) in [7, 11) is 0. The van der Waals surface area contributed by atoms with E-state index in [0.29, 0.717) is 20.8 Å². The second kappa shape index (κ2) is 4.08. The fraction of sp³-hybridized carbons (Fsp3) is 0. The molecule has 2 rings (SSSR count). The Morgan fingerprint density at radius 3 is 2.80 bits per heavy atom. The summed E-state index contributed by atoms with van der Waals surface area (Å²) in [4.78, 5) is 6.61. The van der Waals surface area contributed by atoms with Gasteiger partial charge in [-0.25, -0.2) is 9.37 Å². The predicted octanol–water partition coefficient (Wildman–Crippen LogP) is 3.60. The molecule has 15 heavy (non-hydrogen) atoms. The van der Waals surface area contributed by atoms with Gasteiger partial charge in [0.25, 0.3) is 0 Å². The van der Waals surface area contributed by atoms with Crippen LogP contribution in [0.3, 0.4) is 0 Å². The Kier molecular flexibility index (Phi) is 2.79.